The number of aryl methyl sites for hydroxylation is 1. The highest BCUT2D eigenvalue weighted by Gasteiger charge is 2.26. The molecule has 1 N–H and O–H groups in total. The van der Waals surface area contributed by atoms with E-state index in [-0.39, 0.29) is 11.8 Å². The Labute approximate surface area is 176 Å². The quantitative estimate of drug-likeness (QED) is 0.636. The van der Waals surface area contributed by atoms with Crippen molar-refractivity contribution in [3.05, 3.63) is 71.7 Å². The van der Waals surface area contributed by atoms with Gasteiger partial charge in [0, 0.05) is 36.0 Å². The van der Waals surface area contributed by atoms with E-state index in [4.69, 9.17) is 14.7 Å². The van der Waals surface area contributed by atoms with Crippen LogP contribution in [0, 0.1) is 5.92 Å². The van der Waals surface area contributed by atoms with Gasteiger partial charge in [0.05, 0.1) is 12.3 Å². The van der Waals surface area contributed by atoms with Crippen LogP contribution in [0.4, 0.5) is 0 Å². The molecule has 0 spiro atoms. The first-order chi connectivity index (χ1) is 14.7. The first-order valence-electron chi connectivity index (χ1n) is 10.5. The second-order valence-electron chi connectivity index (χ2n) is 7.43. The molecule has 1 aliphatic carbocycles. The number of amides is 1. The third-order valence-corrected chi connectivity index (χ3v) is 5.40. The van der Waals surface area contributed by atoms with E-state index in [1.807, 2.05) is 49.4 Å². The van der Waals surface area contributed by atoms with Crippen LogP contribution in [0.3, 0.4) is 0 Å². The fourth-order valence-electron chi connectivity index (χ4n) is 3.81. The van der Waals surface area contributed by atoms with Gasteiger partial charge >= 0.3 is 0 Å². The van der Waals surface area contributed by atoms with Crippen LogP contribution < -0.4 is 10.1 Å². The smallest absolute Gasteiger partial charge is 0.223 e. The lowest BCUT2D eigenvalue weighted by Crippen LogP contribution is -2.30. The second-order valence-corrected chi connectivity index (χ2v) is 7.43. The summed E-state index contributed by atoms with van der Waals surface area (Å²) in [5.74, 6) is 1.36. The SMILES string of the molecule is CCOc1nc(-c2ccccc2)nc2c1CCC(C(=O)NCc1cccnc1)CC2. The number of benzene rings is 1. The van der Waals surface area contributed by atoms with Gasteiger partial charge in [-0.3, -0.25) is 9.78 Å². The topological polar surface area (TPSA) is 77.0 Å². The van der Waals surface area contributed by atoms with Crippen molar-refractivity contribution >= 4 is 5.91 Å². The van der Waals surface area contributed by atoms with Gasteiger partial charge in [-0.05, 0) is 44.2 Å². The van der Waals surface area contributed by atoms with Gasteiger partial charge in [-0.1, -0.05) is 36.4 Å². The fraction of sp³-hybridized carbons (Fsp3) is 0.333. The number of hydrogen-bond acceptors (Lipinski definition) is 5. The summed E-state index contributed by atoms with van der Waals surface area (Å²) < 4.78 is 5.86. The van der Waals surface area contributed by atoms with Crippen LogP contribution in [-0.2, 0) is 24.2 Å². The summed E-state index contributed by atoms with van der Waals surface area (Å²) in [7, 11) is 0. The molecule has 30 heavy (non-hydrogen) atoms. The summed E-state index contributed by atoms with van der Waals surface area (Å²) in [5.41, 5.74) is 4.00. The summed E-state index contributed by atoms with van der Waals surface area (Å²) in [6.45, 7) is 3.01. The molecule has 1 amide bonds. The summed E-state index contributed by atoms with van der Waals surface area (Å²) >= 11 is 0. The van der Waals surface area contributed by atoms with Crippen LogP contribution in [-0.4, -0.2) is 27.5 Å². The molecule has 0 aliphatic heterocycles. The lowest BCUT2D eigenvalue weighted by atomic mass is 9.98. The van der Waals surface area contributed by atoms with Crippen LogP contribution >= 0.6 is 0 Å². The maximum Gasteiger partial charge on any atom is 0.223 e. The summed E-state index contributed by atoms with van der Waals surface area (Å²) in [6.07, 6.45) is 6.52. The molecule has 0 saturated carbocycles. The van der Waals surface area contributed by atoms with Crippen molar-refractivity contribution in [3.8, 4) is 17.3 Å². The number of aromatic nitrogens is 3. The van der Waals surface area contributed by atoms with E-state index in [2.05, 4.69) is 10.3 Å². The number of fused-ring (bicyclic) bond motifs is 1. The summed E-state index contributed by atoms with van der Waals surface area (Å²) in [5, 5.41) is 3.05. The van der Waals surface area contributed by atoms with Gasteiger partial charge in [0.1, 0.15) is 0 Å². The number of hydrogen-bond donors (Lipinski definition) is 1. The summed E-state index contributed by atoms with van der Waals surface area (Å²) in [4.78, 5) is 26.4. The average molecular weight is 402 g/mol. The molecule has 0 bridgehead atoms. The number of pyridine rings is 1. The zero-order chi connectivity index (χ0) is 20.8. The molecule has 6 heteroatoms. The standard InChI is InChI=1S/C24H26N4O2/c1-2-30-24-20-12-10-19(23(29)26-16-17-7-6-14-25-15-17)11-13-21(20)27-22(28-24)18-8-4-3-5-9-18/h3-9,14-15,19H,2,10-13,16H2,1H3,(H,26,29). The van der Waals surface area contributed by atoms with E-state index in [0.29, 0.717) is 24.9 Å². The van der Waals surface area contributed by atoms with Gasteiger partial charge in [0.25, 0.3) is 0 Å². The molecule has 0 radical (unpaired) electrons. The Morgan fingerprint density at radius 3 is 2.70 bits per heavy atom. The molecule has 4 rings (SSSR count). The van der Waals surface area contributed by atoms with E-state index in [9.17, 15) is 4.79 Å². The number of ether oxygens (including phenoxy) is 1. The normalized spacial score (nSPS) is 15.7. The number of carbonyl (C=O) groups is 1. The maximum absolute atomic E-state index is 12.8. The minimum Gasteiger partial charge on any atom is -0.478 e. The maximum atomic E-state index is 12.8. The lowest BCUT2D eigenvalue weighted by molar-refractivity contribution is -0.125. The van der Waals surface area contributed by atoms with E-state index >= 15 is 0 Å². The highest BCUT2D eigenvalue weighted by atomic mass is 16.5. The van der Waals surface area contributed by atoms with Crippen LogP contribution in [0.2, 0.25) is 0 Å². The van der Waals surface area contributed by atoms with Crippen molar-refractivity contribution in [1.29, 1.82) is 0 Å². The average Bonchev–Trinajstić information content (AvgIpc) is 3.02. The second kappa shape index (κ2) is 9.48. The van der Waals surface area contributed by atoms with Crippen LogP contribution in [0.5, 0.6) is 5.88 Å². The molecule has 0 saturated heterocycles. The van der Waals surface area contributed by atoms with Crippen molar-refractivity contribution in [2.24, 2.45) is 5.92 Å². The molecule has 1 atom stereocenters. The molecular formula is C24H26N4O2. The fourth-order valence-corrected chi connectivity index (χ4v) is 3.81. The van der Waals surface area contributed by atoms with E-state index in [0.717, 1.165) is 48.1 Å². The van der Waals surface area contributed by atoms with Gasteiger partial charge in [-0.15, -0.1) is 0 Å². The molecule has 1 aromatic carbocycles. The van der Waals surface area contributed by atoms with Gasteiger partial charge < -0.3 is 10.1 Å². The van der Waals surface area contributed by atoms with Crippen molar-refractivity contribution in [1.82, 2.24) is 20.3 Å². The van der Waals surface area contributed by atoms with Gasteiger partial charge in [0.15, 0.2) is 5.82 Å². The number of carbonyl (C=O) groups excluding carboxylic acids is 1. The first kappa shape index (κ1) is 20.0. The molecule has 2 aromatic heterocycles. The molecule has 2 heterocycles. The Bertz CT molecular complexity index is 993. The highest BCUT2D eigenvalue weighted by Crippen LogP contribution is 2.31. The molecule has 1 unspecified atom stereocenters. The zero-order valence-electron chi connectivity index (χ0n) is 17.2. The Morgan fingerprint density at radius 2 is 1.93 bits per heavy atom. The largest absolute Gasteiger partial charge is 0.478 e. The Morgan fingerprint density at radius 1 is 1.10 bits per heavy atom. The van der Waals surface area contributed by atoms with Crippen molar-refractivity contribution in [2.45, 2.75) is 39.2 Å². The van der Waals surface area contributed by atoms with Gasteiger partial charge in [0.2, 0.25) is 11.8 Å². The lowest BCUT2D eigenvalue weighted by Gasteiger charge is -2.14. The molecular weight excluding hydrogens is 376 g/mol. The summed E-state index contributed by atoms with van der Waals surface area (Å²) in [6, 6.07) is 13.8. The minimum absolute atomic E-state index is 0.0504. The van der Waals surface area contributed by atoms with Crippen LogP contribution in [0.25, 0.3) is 11.4 Å². The molecule has 154 valence electrons. The molecule has 6 nitrogen and oxygen atoms in total. The van der Waals surface area contributed by atoms with Crippen LogP contribution in [0.1, 0.15) is 36.6 Å². The Hall–Kier alpha value is -3.28. The Balaban J connectivity index is 1.50. The van der Waals surface area contributed by atoms with Crippen molar-refractivity contribution in [2.75, 3.05) is 6.61 Å². The van der Waals surface area contributed by atoms with Gasteiger partial charge in [-0.2, -0.15) is 4.98 Å². The van der Waals surface area contributed by atoms with Crippen LogP contribution in [0.15, 0.2) is 54.9 Å². The third kappa shape index (κ3) is 4.64. The molecule has 1 aliphatic rings. The predicted octanol–water partition coefficient (Wildman–Crippen LogP) is 3.75. The number of rotatable bonds is 6. The number of nitrogens with one attached hydrogen (secondary N) is 1. The predicted molar refractivity (Wildman–Crippen MR) is 115 cm³/mol. The molecule has 3 aromatic rings. The van der Waals surface area contributed by atoms with Crippen molar-refractivity contribution in [3.63, 3.8) is 0 Å². The van der Waals surface area contributed by atoms with E-state index in [1.54, 1.807) is 12.4 Å². The monoisotopic (exact) mass is 402 g/mol. The van der Waals surface area contributed by atoms with E-state index < -0.39 is 0 Å². The number of nitrogens with zero attached hydrogens (tertiary/aromatic N) is 3. The zero-order valence-corrected chi connectivity index (χ0v) is 17.2. The molecule has 0 fully saturated rings. The van der Waals surface area contributed by atoms with E-state index in [1.165, 1.54) is 0 Å². The third-order valence-electron chi connectivity index (χ3n) is 5.40. The Kier molecular flexibility index (Phi) is 6.32. The first-order valence-corrected chi connectivity index (χ1v) is 10.5. The minimum atomic E-state index is -0.0504. The van der Waals surface area contributed by atoms with Crippen molar-refractivity contribution < 1.29 is 9.53 Å². The highest BCUT2D eigenvalue weighted by molar-refractivity contribution is 5.78. The van der Waals surface area contributed by atoms with Gasteiger partial charge in [-0.25, -0.2) is 4.98 Å².